The van der Waals surface area contributed by atoms with Gasteiger partial charge in [-0.15, -0.1) is 0 Å². The van der Waals surface area contributed by atoms with Crippen molar-refractivity contribution in [2.45, 2.75) is 46.0 Å². The molecule has 1 nitrogen and oxygen atoms in total. The lowest BCUT2D eigenvalue weighted by Gasteiger charge is -2.21. The summed E-state index contributed by atoms with van der Waals surface area (Å²) in [6.45, 7) is 4.09. The zero-order valence-electron chi connectivity index (χ0n) is 11.7. The van der Waals surface area contributed by atoms with Crippen LogP contribution in [0.5, 0.6) is 0 Å². The minimum Gasteiger partial charge on any atom is -0.294 e. The van der Waals surface area contributed by atoms with Crippen LogP contribution in [-0.2, 0) is 0 Å². The van der Waals surface area contributed by atoms with E-state index >= 15 is 0 Å². The molecule has 1 aromatic carbocycles. The maximum absolute atomic E-state index is 12.5. The lowest BCUT2D eigenvalue weighted by atomic mass is 9.83. The number of ketones is 1. The standard InChI is InChI=1S/C17H21BrO/c1-10-6-16(18)11(2)5-15(10)17(19)9-14-8-12-3-4-13(14)7-12/h5-6,12-14H,3-4,7-9H2,1-2H3. The van der Waals surface area contributed by atoms with Gasteiger partial charge in [-0.3, -0.25) is 4.79 Å². The minimum absolute atomic E-state index is 0.352. The van der Waals surface area contributed by atoms with Crippen LogP contribution in [0.25, 0.3) is 0 Å². The van der Waals surface area contributed by atoms with E-state index in [2.05, 4.69) is 35.0 Å². The van der Waals surface area contributed by atoms with E-state index in [1.165, 1.54) is 25.7 Å². The molecule has 0 saturated heterocycles. The van der Waals surface area contributed by atoms with E-state index in [1.54, 1.807) is 0 Å². The summed E-state index contributed by atoms with van der Waals surface area (Å²) < 4.78 is 1.10. The minimum atomic E-state index is 0.352. The molecular formula is C17H21BrO. The highest BCUT2D eigenvalue weighted by Crippen LogP contribution is 2.49. The van der Waals surface area contributed by atoms with E-state index < -0.39 is 0 Å². The van der Waals surface area contributed by atoms with Gasteiger partial charge in [-0.2, -0.15) is 0 Å². The highest BCUT2D eigenvalue weighted by molar-refractivity contribution is 9.10. The van der Waals surface area contributed by atoms with E-state index in [9.17, 15) is 4.79 Å². The Morgan fingerprint density at radius 1 is 1.21 bits per heavy atom. The monoisotopic (exact) mass is 320 g/mol. The van der Waals surface area contributed by atoms with E-state index in [0.29, 0.717) is 11.7 Å². The summed E-state index contributed by atoms with van der Waals surface area (Å²) >= 11 is 3.53. The summed E-state index contributed by atoms with van der Waals surface area (Å²) in [7, 11) is 0. The Morgan fingerprint density at radius 2 is 2.00 bits per heavy atom. The molecule has 2 bridgehead atoms. The SMILES string of the molecule is Cc1cc(C(=O)CC2CC3CCC2C3)c(C)cc1Br. The molecule has 0 amide bonds. The number of rotatable bonds is 3. The van der Waals surface area contributed by atoms with Gasteiger partial charge < -0.3 is 0 Å². The number of benzene rings is 1. The summed E-state index contributed by atoms with van der Waals surface area (Å²) in [4.78, 5) is 12.5. The van der Waals surface area contributed by atoms with Crippen LogP contribution in [0.3, 0.4) is 0 Å². The van der Waals surface area contributed by atoms with Gasteiger partial charge in [0.15, 0.2) is 5.78 Å². The van der Waals surface area contributed by atoms with Crippen molar-refractivity contribution in [3.63, 3.8) is 0 Å². The van der Waals surface area contributed by atoms with Gasteiger partial charge in [0.2, 0.25) is 0 Å². The Morgan fingerprint density at radius 3 is 2.63 bits per heavy atom. The third kappa shape index (κ3) is 2.52. The van der Waals surface area contributed by atoms with Crippen LogP contribution in [0.15, 0.2) is 16.6 Å². The molecule has 2 aliphatic rings. The van der Waals surface area contributed by atoms with Crippen LogP contribution in [-0.4, -0.2) is 5.78 Å². The van der Waals surface area contributed by atoms with Crippen molar-refractivity contribution >= 4 is 21.7 Å². The van der Waals surface area contributed by atoms with Gasteiger partial charge in [-0.25, -0.2) is 0 Å². The molecule has 102 valence electrons. The van der Waals surface area contributed by atoms with Crippen molar-refractivity contribution in [2.75, 3.05) is 0 Å². The van der Waals surface area contributed by atoms with Crippen molar-refractivity contribution < 1.29 is 4.79 Å². The smallest absolute Gasteiger partial charge is 0.163 e. The molecule has 2 fully saturated rings. The molecule has 19 heavy (non-hydrogen) atoms. The molecule has 2 aliphatic carbocycles. The number of hydrogen-bond acceptors (Lipinski definition) is 1. The van der Waals surface area contributed by atoms with E-state index in [1.807, 2.05) is 6.92 Å². The Hall–Kier alpha value is -0.630. The van der Waals surface area contributed by atoms with Crippen LogP contribution < -0.4 is 0 Å². The first kappa shape index (κ1) is 13.4. The van der Waals surface area contributed by atoms with Crippen LogP contribution in [0.1, 0.15) is 53.6 Å². The molecule has 0 heterocycles. The van der Waals surface area contributed by atoms with Gasteiger partial charge in [0.1, 0.15) is 0 Å². The van der Waals surface area contributed by atoms with Gasteiger partial charge in [-0.05, 0) is 74.1 Å². The largest absolute Gasteiger partial charge is 0.294 e. The van der Waals surface area contributed by atoms with Gasteiger partial charge >= 0.3 is 0 Å². The molecule has 2 heteroatoms. The van der Waals surface area contributed by atoms with E-state index in [0.717, 1.165) is 39.4 Å². The average Bonchev–Trinajstić information content (AvgIpc) is 2.95. The van der Waals surface area contributed by atoms with Crippen LogP contribution in [0, 0.1) is 31.6 Å². The third-order valence-electron chi connectivity index (χ3n) is 5.14. The summed E-state index contributed by atoms with van der Waals surface area (Å²) in [5, 5.41) is 0. The first-order valence-corrected chi connectivity index (χ1v) is 8.14. The number of halogens is 1. The molecule has 0 N–H and O–H groups in total. The highest BCUT2D eigenvalue weighted by atomic mass is 79.9. The molecule has 2 saturated carbocycles. The summed E-state index contributed by atoms with van der Waals surface area (Å²) in [6.07, 6.45) is 6.22. The number of Topliss-reactive ketones (excluding diaryl/α,β-unsaturated/α-hetero) is 1. The molecule has 0 radical (unpaired) electrons. The van der Waals surface area contributed by atoms with Gasteiger partial charge in [-0.1, -0.05) is 22.4 Å². The molecular weight excluding hydrogens is 300 g/mol. The summed E-state index contributed by atoms with van der Waals surface area (Å²) in [5.41, 5.74) is 3.19. The zero-order chi connectivity index (χ0) is 13.6. The quantitative estimate of drug-likeness (QED) is 0.710. The maximum atomic E-state index is 12.5. The van der Waals surface area contributed by atoms with Crippen LogP contribution >= 0.6 is 15.9 Å². The Balaban J connectivity index is 1.75. The fourth-order valence-corrected chi connectivity index (χ4v) is 4.51. The molecule has 3 atom stereocenters. The number of fused-ring (bicyclic) bond motifs is 2. The molecule has 1 aromatic rings. The highest BCUT2D eigenvalue weighted by Gasteiger charge is 2.40. The second-order valence-corrected chi connectivity index (χ2v) is 7.33. The Bertz CT molecular complexity index is 520. The zero-order valence-corrected chi connectivity index (χ0v) is 13.3. The molecule has 0 spiro atoms. The fraction of sp³-hybridized carbons (Fsp3) is 0.588. The summed E-state index contributed by atoms with van der Waals surface area (Å²) in [6, 6.07) is 4.12. The number of carbonyl (C=O) groups excluding carboxylic acids is 1. The van der Waals surface area contributed by atoms with Crippen molar-refractivity contribution in [3.8, 4) is 0 Å². The van der Waals surface area contributed by atoms with E-state index in [-0.39, 0.29) is 0 Å². The average molecular weight is 321 g/mol. The molecule has 3 rings (SSSR count). The second-order valence-electron chi connectivity index (χ2n) is 6.48. The van der Waals surface area contributed by atoms with Crippen LogP contribution in [0.2, 0.25) is 0 Å². The Labute approximate surface area is 123 Å². The normalized spacial score (nSPS) is 28.9. The predicted octanol–water partition coefficient (Wildman–Crippen LogP) is 5.07. The fourth-order valence-electron chi connectivity index (χ4n) is 4.06. The third-order valence-corrected chi connectivity index (χ3v) is 5.99. The molecule has 3 unspecified atom stereocenters. The first-order chi connectivity index (χ1) is 9.04. The topological polar surface area (TPSA) is 17.1 Å². The van der Waals surface area contributed by atoms with E-state index in [4.69, 9.17) is 0 Å². The molecule has 0 aromatic heterocycles. The van der Waals surface area contributed by atoms with Crippen molar-refractivity contribution in [2.24, 2.45) is 17.8 Å². The maximum Gasteiger partial charge on any atom is 0.163 e. The number of carbonyl (C=O) groups is 1. The number of hydrogen-bond donors (Lipinski definition) is 0. The van der Waals surface area contributed by atoms with Gasteiger partial charge in [0.05, 0.1) is 0 Å². The predicted molar refractivity (Wildman–Crippen MR) is 81.5 cm³/mol. The molecule has 0 aliphatic heterocycles. The lowest BCUT2D eigenvalue weighted by molar-refractivity contribution is 0.0943. The summed E-state index contributed by atoms with van der Waals surface area (Å²) in [5.74, 6) is 2.78. The lowest BCUT2D eigenvalue weighted by Crippen LogP contribution is -2.16. The van der Waals surface area contributed by atoms with Crippen molar-refractivity contribution in [1.29, 1.82) is 0 Å². The van der Waals surface area contributed by atoms with Gasteiger partial charge in [0, 0.05) is 16.5 Å². The Kier molecular flexibility index (Phi) is 3.55. The van der Waals surface area contributed by atoms with Crippen molar-refractivity contribution in [1.82, 2.24) is 0 Å². The van der Waals surface area contributed by atoms with Gasteiger partial charge in [0.25, 0.3) is 0 Å². The first-order valence-electron chi connectivity index (χ1n) is 7.34. The van der Waals surface area contributed by atoms with Crippen molar-refractivity contribution in [3.05, 3.63) is 33.3 Å². The number of aryl methyl sites for hydroxylation is 2. The van der Waals surface area contributed by atoms with Crippen LogP contribution in [0.4, 0.5) is 0 Å². The second kappa shape index (κ2) is 5.05.